The van der Waals surface area contributed by atoms with Crippen LogP contribution in [0.4, 0.5) is 0 Å². The van der Waals surface area contributed by atoms with E-state index < -0.39 is 14.4 Å². The first-order valence-electron chi connectivity index (χ1n) is 11.7. The largest absolute Gasteiger partial charge is 0.397 e. The zero-order valence-corrected chi connectivity index (χ0v) is 21.8. The summed E-state index contributed by atoms with van der Waals surface area (Å²) in [4.78, 5) is 12.6. The predicted octanol–water partition coefficient (Wildman–Crippen LogP) is 5.13. The lowest BCUT2D eigenvalue weighted by Crippen LogP contribution is -2.68. The molecule has 0 fully saturated rings. The third-order valence-electron chi connectivity index (χ3n) is 6.35. The molecule has 0 saturated carbocycles. The average Bonchev–Trinajstić information content (AvgIpc) is 2.86. The van der Waals surface area contributed by atoms with Crippen LogP contribution in [-0.2, 0) is 18.7 Å². The molecule has 0 saturated heterocycles. The molecule has 3 aromatic carbocycles. The van der Waals surface area contributed by atoms with Crippen LogP contribution in [0.2, 0.25) is 5.04 Å². The van der Waals surface area contributed by atoms with Gasteiger partial charge in [-0.15, -0.1) is 0 Å². The van der Waals surface area contributed by atoms with Crippen molar-refractivity contribution in [1.82, 2.24) is 0 Å². The highest BCUT2D eigenvalue weighted by atomic mass is 28.4. The zero-order valence-electron chi connectivity index (χ0n) is 20.8. The van der Waals surface area contributed by atoms with Gasteiger partial charge in [-0.3, -0.25) is 0 Å². The zero-order chi connectivity index (χ0) is 24.6. The Morgan fingerprint density at radius 1 is 0.824 bits per heavy atom. The molecule has 180 valence electrons. The Morgan fingerprint density at radius 2 is 1.29 bits per heavy atom. The van der Waals surface area contributed by atoms with Crippen molar-refractivity contribution in [2.75, 3.05) is 13.9 Å². The number of aldehydes is 1. The normalized spacial score (nSPS) is 14.9. The molecule has 0 aliphatic carbocycles. The second-order valence-electron chi connectivity index (χ2n) is 9.65. The van der Waals surface area contributed by atoms with Gasteiger partial charge in [-0.1, -0.05) is 119 Å². The second kappa shape index (κ2) is 11.7. The van der Waals surface area contributed by atoms with Gasteiger partial charge in [0, 0.05) is 13.0 Å². The molecule has 4 nitrogen and oxygen atoms in total. The third kappa shape index (κ3) is 5.56. The maximum atomic E-state index is 12.6. The number of carbonyl (C=O) groups is 1. The van der Waals surface area contributed by atoms with Gasteiger partial charge in [0.2, 0.25) is 0 Å². The van der Waals surface area contributed by atoms with Crippen LogP contribution in [0.25, 0.3) is 0 Å². The summed E-state index contributed by atoms with van der Waals surface area (Å²) in [5.74, 6) is -0.239. The highest BCUT2D eigenvalue weighted by molar-refractivity contribution is 6.99. The molecule has 3 atom stereocenters. The fourth-order valence-corrected chi connectivity index (χ4v) is 9.36. The van der Waals surface area contributed by atoms with E-state index in [0.29, 0.717) is 0 Å². The number of hydrogen-bond donors (Lipinski definition) is 0. The number of hydrogen-bond acceptors (Lipinski definition) is 4. The van der Waals surface area contributed by atoms with Crippen LogP contribution in [0.3, 0.4) is 0 Å². The van der Waals surface area contributed by atoms with Crippen molar-refractivity contribution in [2.24, 2.45) is 5.92 Å². The summed E-state index contributed by atoms with van der Waals surface area (Å²) in [7, 11) is -1.29. The van der Waals surface area contributed by atoms with Gasteiger partial charge < -0.3 is 18.7 Å². The van der Waals surface area contributed by atoms with Crippen LogP contribution in [0, 0.1) is 5.92 Å². The van der Waals surface area contributed by atoms with E-state index in [1.807, 2.05) is 73.7 Å². The molecule has 0 aliphatic heterocycles. The summed E-state index contributed by atoms with van der Waals surface area (Å²) in [5.41, 5.74) is 0.991. The number of methoxy groups -OCH3 is 1. The highest BCUT2D eigenvalue weighted by Crippen LogP contribution is 2.39. The van der Waals surface area contributed by atoms with Crippen molar-refractivity contribution < 1.29 is 18.7 Å². The molecule has 0 amide bonds. The van der Waals surface area contributed by atoms with E-state index in [-0.39, 0.29) is 23.9 Å². The smallest absolute Gasteiger partial charge is 0.262 e. The summed E-state index contributed by atoms with van der Waals surface area (Å²) in [6.45, 7) is 8.78. The van der Waals surface area contributed by atoms with Gasteiger partial charge in [-0.2, -0.15) is 0 Å². The number of benzene rings is 3. The first-order chi connectivity index (χ1) is 16.3. The Morgan fingerprint density at radius 3 is 1.71 bits per heavy atom. The molecule has 3 rings (SSSR count). The minimum atomic E-state index is -2.89. The van der Waals surface area contributed by atoms with E-state index in [9.17, 15) is 4.79 Å². The van der Waals surface area contributed by atoms with E-state index in [4.69, 9.17) is 13.9 Å². The number of ether oxygens (including phenoxy) is 2. The fraction of sp³-hybridized carbons (Fsp3) is 0.345. The Balaban J connectivity index is 2.10. The SMILES string of the molecule is COCO[C@H](c1ccccc1)[C@H](C)[C@H](C=O)O[Si](c1ccccc1)(c1ccccc1)C(C)(C)C. The Hall–Kier alpha value is -2.57. The lowest BCUT2D eigenvalue weighted by atomic mass is 9.93. The second-order valence-corrected chi connectivity index (χ2v) is 13.9. The number of carbonyl (C=O) groups excluding carboxylic acids is 1. The van der Waals surface area contributed by atoms with Crippen LogP contribution >= 0.6 is 0 Å². The molecule has 0 aliphatic rings. The molecule has 0 radical (unpaired) electrons. The predicted molar refractivity (Wildman–Crippen MR) is 140 cm³/mol. The van der Waals surface area contributed by atoms with Gasteiger partial charge in [0.15, 0.2) is 0 Å². The van der Waals surface area contributed by atoms with Crippen molar-refractivity contribution in [1.29, 1.82) is 0 Å². The molecule has 0 bridgehead atoms. The first kappa shape index (κ1) is 26.0. The minimum absolute atomic E-state index is 0.134. The fourth-order valence-electron chi connectivity index (χ4n) is 4.66. The third-order valence-corrected chi connectivity index (χ3v) is 11.4. The van der Waals surface area contributed by atoms with Gasteiger partial charge in [0.25, 0.3) is 8.32 Å². The molecular weight excluding hydrogens is 440 g/mol. The molecule has 0 N–H and O–H groups in total. The maximum absolute atomic E-state index is 12.6. The summed E-state index contributed by atoms with van der Waals surface area (Å²) in [6, 6.07) is 30.7. The minimum Gasteiger partial charge on any atom is -0.397 e. The van der Waals surface area contributed by atoms with Crippen LogP contribution in [0.1, 0.15) is 39.4 Å². The topological polar surface area (TPSA) is 44.8 Å². The summed E-state index contributed by atoms with van der Waals surface area (Å²) >= 11 is 0. The van der Waals surface area contributed by atoms with Crippen molar-refractivity contribution in [3.63, 3.8) is 0 Å². The van der Waals surface area contributed by atoms with Gasteiger partial charge >= 0.3 is 0 Å². The molecule has 0 heterocycles. The van der Waals surface area contributed by atoms with Crippen LogP contribution < -0.4 is 10.4 Å². The lowest BCUT2D eigenvalue weighted by molar-refractivity contribution is -0.128. The Bertz CT molecular complexity index is 963. The van der Waals surface area contributed by atoms with Crippen molar-refractivity contribution in [3.8, 4) is 0 Å². The number of rotatable bonds is 11. The van der Waals surface area contributed by atoms with Gasteiger partial charge in [-0.25, -0.2) is 0 Å². The van der Waals surface area contributed by atoms with E-state index in [1.165, 1.54) is 0 Å². The van der Waals surface area contributed by atoms with Crippen LogP contribution in [0.5, 0.6) is 0 Å². The monoisotopic (exact) mass is 476 g/mol. The maximum Gasteiger partial charge on any atom is 0.262 e. The molecule has 0 unspecified atom stereocenters. The van der Waals surface area contributed by atoms with E-state index in [0.717, 1.165) is 22.2 Å². The Kier molecular flexibility index (Phi) is 8.97. The van der Waals surface area contributed by atoms with Crippen LogP contribution in [0.15, 0.2) is 91.0 Å². The van der Waals surface area contributed by atoms with Gasteiger partial charge in [0.1, 0.15) is 19.2 Å². The van der Waals surface area contributed by atoms with Crippen molar-refractivity contribution in [2.45, 2.75) is 44.9 Å². The first-order valence-corrected chi connectivity index (χ1v) is 13.7. The van der Waals surface area contributed by atoms with E-state index in [2.05, 4.69) is 45.0 Å². The Labute approximate surface area is 205 Å². The van der Waals surface area contributed by atoms with Crippen molar-refractivity contribution >= 4 is 25.0 Å². The van der Waals surface area contributed by atoms with Gasteiger partial charge in [0.05, 0.1) is 6.10 Å². The molecule has 34 heavy (non-hydrogen) atoms. The molecular formula is C29H36O4Si. The van der Waals surface area contributed by atoms with E-state index >= 15 is 0 Å². The molecule has 5 heteroatoms. The van der Waals surface area contributed by atoms with Gasteiger partial charge in [-0.05, 0) is 21.0 Å². The van der Waals surface area contributed by atoms with Crippen LogP contribution in [-0.4, -0.2) is 34.6 Å². The average molecular weight is 477 g/mol. The standard InChI is InChI=1S/C29H36O4Si/c1-23(28(32-22-31-5)24-15-9-6-10-16-24)27(21-30)33-34(29(2,3)4,25-17-11-7-12-18-25)26-19-13-8-14-20-26/h6-21,23,27-28H,22H2,1-5H3/t23-,27+,28+/m1/s1. The quantitative estimate of drug-likeness (QED) is 0.219. The highest BCUT2D eigenvalue weighted by Gasteiger charge is 2.52. The molecule has 0 spiro atoms. The van der Waals surface area contributed by atoms with E-state index in [1.54, 1.807) is 7.11 Å². The summed E-state index contributed by atoms with van der Waals surface area (Å²) in [5, 5.41) is 2.05. The van der Waals surface area contributed by atoms with Crippen molar-refractivity contribution in [3.05, 3.63) is 96.6 Å². The molecule has 3 aromatic rings. The lowest BCUT2D eigenvalue weighted by Gasteiger charge is -2.45. The summed E-state index contributed by atoms with van der Waals surface area (Å²) in [6.07, 6.45) is -0.0844. The summed E-state index contributed by atoms with van der Waals surface area (Å²) < 4.78 is 18.4. The molecule has 0 aromatic heterocycles.